The number of nitrogens with zero attached hydrogens (tertiary/aromatic N) is 2. The number of hydrogen-bond acceptors (Lipinski definition) is 4. The van der Waals surface area contributed by atoms with Crippen molar-refractivity contribution in [2.45, 2.75) is 18.4 Å². The molecule has 0 spiro atoms. The molecule has 150 valence electrons. The van der Waals surface area contributed by atoms with Crippen LogP contribution in [0.2, 0.25) is 0 Å². The van der Waals surface area contributed by atoms with Crippen molar-refractivity contribution in [3.63, 3.8) is 0 Å². The van der Waals surface area contributed by atoms with Crippen molar-refractivity contribution >= 4 is 17.5 Å². The van der Waals surface area contributed by atoms with Crippen LogP contribution in [0.25, 0.3) is 0 Å². The molecule has 3 aromatic rings. The largest absolute Gasteiger partial charge is 0.303 e. The van der Waals surface area contributed by atoms with E-state index in [9.17, 15) is 19.7 Å². The lowest BCUT2D eigenvalue weighted by Crippen LogP contribution is -2.49. The number of imide groups is 1. The molecule has 4 aliphatic rings. The molecule has 0 fully saturated rings. The molecule has 0 aromatic heterocycles. The number of benzene rings is 3. The summed E-state index contributed by atoms with van der Waals surface area (Å²) in [6.45, 7) is 1.91. The van der Waals surface area contributed by atoms with E-state index in [1.807, 2.05) is 43.3 Å². The lowest BCUT2D eigenvalue weighted by Gasteiger charge is -2.42. The highest BCUT2D eigenvalue weighted by Crippen LogP contribution is 2.61. The normalized spacial score (nSPS) is 23.0. The fourth-order valence-corrected chi connectivity index (χ4v) is 5.43. The highest BCUT2D eigenvalue weighted by Gasteiger charge is 2.68. The SMILES string of the molecule is Cc1ccc(N2C(=O)C3=C(C2=O)C2([N+](=O)[O-])c4ccccc4C3c3ccccc32)cc1. The van der Waals surface area contributed by atoms with Gasteiger partial charge in [-0.05, 0) is 30.2 Å². The highest BCUT2D eigenvalue weighted by molar-refractivity contribution is 6.35. The summed E-state index contributed by atoms with van der Waals surface area (Å²) in [5.41, 5.74) is 2.06. The van der Waals surface area contributed by atoms with Gasteiger partial charge in [0.15, 0.2) is 0 Å². The molecule has 2 bridgehead atoms. The van der Waals surface area contributed by atoms with Crippen LogP contribution in [-0.4, -0.2) is 16.7 Å². The van der Waals surface area contributed by atoms with Gasteiger partial charge in [-0.25, -0.2) is 4.90 Å². The van der Waals surface area contributed by atoms with Crippen molar-refractivity contribution in [2.75, 3.05) is 4.90 Å². The third-order valence-corrected chi connectivity index (χ3v) is 6.66. The summed E-state index contributed by atoms with van der Waals surface area (Å²) in [6.07, 6.45) is 0. The van der Waals surface area contributed by atoms with Gasteiger partial charge in [0.1, 0.15) is 5.57 Å². The molecular weight excluding hydrogens is 392 g/mol. The zero-order chi connectivity index (χ0) is 21.5. The Morgan fingerprint density at radius 1 is 0.839 bits per heavy atom. The first kappa shape index (κ1) is 17.8. The number of nitro groups is 1. The second kappa shape index (κ2) is 5.76. The second-order valence-electron chi connectivity index (χ2n) is 8.14. The van der Waals surface area contributed by atoms with Crippen LogP contribution in [0.4, 0.5) is 5.69 Å². The third-order valence-electron chi connectivity index (χ3n) is 6.66. The molecule has 3 aliphatic carbocycles. The van der Waals surface area contributed by atoms with Crippen molar-refractivity contribution in [3.8, 4) is 0 Å². The van der Waals surface area contributed by atoms with Crippen LogP contribution in [0.15, 0.2) is 83.9 Å². The summed E-state index contributed by atoms with van der Waals surface area (Å²) in [6, 6.07) is 21.2. The Hall–Kier alpha value is -4.06. The topological polar surface area (TPSA) is 80.5 Å². The first-order valence-corrected chi connectivity index (χ1v) is 10.0. The Bertz CT molecular complexity index is 1320. The van der Waals surface area contributed by atoms with Crippen LogP contribution in [-0.2, 0) is 15.1 Å². The van der Waals surface area contributed by atoms with E-state index in [0.717, 1.165) is 10.5 Å². The molecule has 0 saturated heterocycles. The Labute approximate surface area is 177 Å². The minimum Gasteiger partial charge on any atom is -0.269 e. The molecule has 6 heteroatoms. The quantitative estimate of drug-likeness (QED) is 0.367. The van der Waals surface area contributed by atoms with Crippen molar-refractivity contribution in [2.24, 2.45) is 0 Å². The number of rotatable bonds is 2. The number of amides is 2. The fraction of sp³-hybridized carbons (Fsp3) is 0.120. The Morgan fingerprint density at radius 2 is 1.39 bits per heavy atom. The number of anilines is 1. The van der Waals surface area contributed by atoms with Gasteiger partial charge in [-0.15, -0.1) is 0 Å². The van der Waals surface area contributed by atoms with E-state index in [2.05, 4.69) is 0 Å². The Kier molecular flexibility index (Phi) is 3.30. The van der Waals surface area contributed by atoms with Crippen LogP contribution in [0.1, 0.15) is 33.7 Å². The molecule has 3 aromatic carbocycles. The predicted molar refractivity (Wildman–Crippen MR) is 113 cm³/mol. The maximum Gasteiger partial charge on any atom is 0.303 e. The summed E-state index contributed by atoms with van der Waals surface area (Å²) >= 11 is 0. The van der Waals surface area contributed by atoms with E-state index >= 15 is 0 Å². The van der Waals surface area contributed by atoms with E-state index in [0.29, 0.717) is 27.9 Å². The van der Waals surface area contributed by atoms with E-state index in [4.69, 9.17) is 0 Å². The van der Waals surface area contributed by atoms with Crippen LogP contribution < -0.4 is 4.90 Å². The Morgan fingerprint density at radius 3 is 1.94 bits per heavy atom. The number of carbonyl (C=O) groups excluding carboxylic acids is 2. The minimum atomic E-state index is -1.90. The summed E-state index contributed by atoms with van der Waals surface area (Å²) < 4.78 is 0. The summed E-state index contributed by atoms with van der Waals surface area (Å²) in [7, 11) is 0. The van der Waals surface area contributed by atoms with Crippen molar-refractivity contribution in [3.05, 3.63) is 122 Å². The third kappa shape index (κ3) is 1.92. The molecule has 0 saturated carbocycles. The fourth-order valence-electron chi connectivity index (χ4n) is 5.43. The molecule has 2 amide bonds. The van der Waals surface area contributed by atoms with Gasteiger partial charge in [-0.3, -0.25) is 19.7 Å². The first-order valence-electron chi connectivity index (χ1n) is 10.0. The van der Waals surface area contributed by atoms with Crippen molar-refractivity contribution in [1.82, 2.24) is 0 Å². The van der Waals surface area contributed by atoms with Crippen LogP contribution in [0.5, 0.6) is 0 Å². The molecule has 0 atom stereocenters. The van der Waals surface area contributed by atoms with Gasteiger partial charge < -0.3 is 0 Å². The van der Waals surface area contributed by atoms with Gasteiger partial charge in [0.25, 0.3) is 11.8 Å². The van der Waals surface area contributed by atoms with Gasteiger partial charge >= 0.3 is 5.54 Å². The number of aryl methyl sites for hydroxylation is 1. The molecular formula is C25H16N2O4. The first-order chi connectivity index (χ1) is 15.0. The van der Waals surface area contributed by atoms with E-state index in [-0.39, 0.29) is 11.1 Å². The lowest BCUT2D eigenvalue weighted by atomic mass is 9.57. The van der Waals surface area contributed by atoms with Crippen molar-refractivity contribution in [1.29, 1.82) is 0 Å². The summed E-state index contributed by atoms with van der Waals surface area (Å²) in [5, 5.41) is 12.8. The molecule has 0 unspecified atom stereocenters. The van der Waals surface area contributed by atoms with Crippen LogP contribution in [0.3, 0.4) is 0 Å². The van der Waals surface area contributed by atoms with Crippen LogP contribution in [0, 0.1) is 17.0 Å². The second-order valence-corrected chi connectivity index (χ2v) is 8.14. The molecule has 1 aliphatic heterocycles. The summed E-state index contributed by atoms with van der Waals surface area (Å²) in [5.74, 6) is -1.60. The molecule has 0 N–H and O–H groups in total. The standard InChI is InChI=1S/C25H16N2O4/c1-14-10-12-15(13-11-14)26-23(28)21-20-16-6-2-4-8-18(16)25(27(30)31,22(21)24(26)29)19-9-5-3-7-17(19)20/h2-13,20H,1H3. The molecule has 1 heterocycles. The molecule has 7 rings (SSSR count). The number of carbonyl (C=O) groups is 2. The van der Waals surface area contributed by atoms with E-state index in [1.165, 1.54) is 0 Å². The van der Waals surface area contributed by atoms with Crippen molar-refractivity contribution < 1.29 is 14.5 Å². The van der Waals surface area contributed by atoms with E-state index < -0.39 is 28.2 Å². The monoisotopic (exact) mass is 408 g/mol. The highest BCUT2D eigenvalue weighted by atomic mass is 16.6. The van der Waals surface area contributed by atoms with Gasteiger partial charge in [0, 0.05) is 27.5 Å². The molecule has 6 nitrogen and oxygen atoms in total. The van der Waals surface area contributed by atoms with Gasteiger partial charge in [-0.2, -0.15) is 0 Å². The number of hydrogen-bond donors (Lipinski definition) is 0. The maximum atomic E-state index is 13.7. The van der Waals surface area contributed by atoms with E-state index in [1.54, 1.807) is 36.4 Å². The zero-order valence-corrected chi connectivity index (χ0v) is 16.5. The van der Waals surface area contributed by atoms with Gasteiger partial charge in [0.2, 0.25) is 0 Å². The average molecular weight is 408 g/mol. The van der Waals surface area contributed by atoms with Crippen LogP contribution >= 0.6 is 0 Å². The van der Waals surface area contributed by atoms with Gasteiger partial charge in [0.05, 0.1) is 5.69 Å². The minimum absolute atomic E-state index is 0.0227. The Balaban J connectivity index is 1.69. The van der Waals surface area contributed by atoms with Gasteiger partial charge in [-0.1, -0.05) is 66.2 Å². The maximum absolute atomic E-state index is 13.7. The smallest absolute Gasteiger partial charge is 0.269 e. The summed E-state index contributed by atoms with van der Waals surface area (Å²) in [4.78, 5) is 40.8. The lowest BCUT2D eigenvalue weighted by molar-refractivity contribution is -0.554. The molecule has 0 radical (unpaired) electrons. The average Bonchev–Trinajstić information content (AvgIpc) is 3.05. The molecule has 31 heavy (non-hydrogen) atoms. The predicted octanol–water partition coefficient (Wildman–Crippen LogP) is 3.84. The zero-order valence-electron chi connectivity index (χ0n) is 16.5.